The second-order valence-electron chi connectivity index (χ2n) is 11.5. The van der Waals surface area contributed by atoms with Crippen molar-refractivity contribution in [2.24, 2.45) is 0 Å². The molecule has 7 rings (SSSR count). The fraction of sp³-hybridized carbons (Fsp3) is 0.179. The molecule has 0 radical (unpaired) electrons. The van der Waals surface area contributed by atoms with Gasteiger partial charge in [0.15, 0.2) is 17.1 Å². The first-order chi connectivity index (χ1) is 23.1. The quantitative estimate of drug-likeness (QED) is 0.143. The molecule has 2 heterocycles. The number of benzene rings is 5. The molecule has 0 aliphatic carbocycles. The van der Waals surface area contributed by atoms with Crippen molar-refractivity contribution in [1.29, 1.82) is 0 Å². The summed E-state index contributed by atoms with van der Waals surface area (Å²) in [5, 5.41) is 14.8. The number of ether oxygens (including phenoxy) is 3. The van der Waals surface area contributed by atoms with Crippen LogP contribution in [0.4, 0.5) is 0 Å². The Morgan fingerprint density at radius 1 is 0.723 bits per heavy atom. The van der Waals surface area contributed by atoms with E-state index in [2.05, 4.69) is 53.8 Å². The zero-order valence-electron chi connectivity index (χ0n) is 26.6. The van der Waals surface area contributed by atoms with Crippen molar-refractivity contribution < 1.29 is 14.2 Å². The van der Waals surface area contributed by atoms with Gasteiger partial charge in [0.1, 0.15) is 5.75 Å². The minimum absolute atomic E-state index is 0.512. The van der Waals surface area contributed by atoms with Crippen LogP contribution in [0.25, 0.3) is 43.8 Å². The molecule has 8 heteroatoms. The molecule has 2 aromatic heterocycles. The van der Waals surface area contributed by atoms with Gasteiger partial charge in [0.25, 0.3) is 0 Å². The predicted octanol–water partition coefficient (Wildman–Crippen LogP) is 8.46. The van der Waals surface area contributed by atoms with E-state index in [1.165, 1.54) is 16.3 Å². The lowest BCUT2D eigenvalue weighted by atomic mass is 10.00. The summed E-state index contributed by atoms with van der Waals surface area (Å²) >= 11 is 6.78. The number of rotatable bonds is 11. The molecule has 0 saturated carbocycles. The summed E-state index contributed by atoms with van der Waals surface area (Å²) in [5.74, 6) is 2.04. The minimum Gasteiger partial charge on any atom is -0.497 e. The zero-order valence-corrected chi connectivity index (χ0v) is 27.3. The number of hydrogen-bond donors (Lipinski definition) is 1. The highest BCUT2D eigenvalue weighted by atomic mass is 35.5. The van der Waals surface area contributed by atoms with Crippen molar-refractivity contribution in [3.8, 4) is 28.5 Å². The lowest BCUT2D eigenvalue weighted by molar-refractivity contribution is 0.356. The number of methoxy groups -OCH3 is 3. The van der Waals surface area contributed by atoms with Gasteiger partial charge in [-0.1, -0.05) is 84.4 Å². The van der Waals surface area contributed by atoms with E-state index < -0.39 is 0 Å². The van der Waals surface area contributed by atoms with E-state index in [-0.39, 0.29) is 0 Å². The molecule has 0 fully saturated rings. The second-order valence-corrected chi connectivity index (χ2v) is 11.9. The molecule has 1 N–H and O–H groups in total. The average Bonchev–Trinajstić information content (AvgIpc) is 3.45. The van der Waals surface area contributed by atoms with E-state index in [0.29, 0.717) is 29.6 Å². The van der Waals surface area contributed by atoms with Crippen molar-refractivity contribution >= 4 is 44.2 Å². The van der Waals surface area contributed by atoms with Gasteiger partial charge in [-0.3, -0.25) is 0 Å². The fourth-order valence-corrected chi connectivity index (χ4v) is 6.43. The summed E-state index contributed by atoms with van der Waals surface area (Å²) < 4.78 is 19.0. The van der Waals surface area contributed by atoms with Crippen LogP contribution in [0.2, 0.25) is 5.02 Å². The van der Waals surface area contributed by atoms with Gasteiger partial charge in [-0.15, -0.1) is 0 Å². The monoisotopic (exact) mass is 642 g/mol. The number of halogens is 1. The Hall–Kier alpha value is -5.11. The number of hydrogen-bond acceptors (Lipinski definition) is 6. The smallest absolute Gasteiger partial charge is 0.161 e. The SMILES string of the molecule is COc1cccc(Cn2nc(CNCCc3ccc4ccccc4c3)c3c4cc(OC)c(OC)cc4c(-c4ccccc4Cl)nc32)c1. The standard InChI is InChI=1S/C39H35ClN4O3/c1-45-29-12-8-9-26(20-29)24-44-39-37(34(43-44)23-41-18-17-25-15-16-27-10-4-5-11-28(27)19-25)31-21-35(46-2)36(47-3)22-32(31)38(42-39)30-13-6-7-14-33(30)40/h4-16,19-22,41H,17-18,23-24H2,1-3H3. The Morgan fingerprint density at radius 2 is 1.49 bits per heavy atom. The molecule has 7 nitrogen and oxygen atoms in total. The highest BCUT2D eigenvalue weighted by Crippen LogP contribution is 2.42. The van der Waals surface area contributed by atoms with Crippen molar-refractivity contribution in [2.45, 2.75) is 19.5 Å². The van der Waals surface area contributed by atoms with Gasteiger partial charge in [-0.05, 0) is 65.2 Å². The van der Waals surface area contributed by atoms with E-state index in [0.717, 1.165) is 63.0 Å². The van der Waals surface area contributed by atoms with Crippen molar-refractivity contribution in [2.75, 3.05) is 27.9 Å². The number of nitrogens with zero attached hydrogens (tertiary/aromatic N) is 3. The van der Waals surface area contributed by atoms with E-state index in [1.807, 2.05) is 59.3 Å². The number of pyridine rings is 1. The first-order valence-electron chi connectivity index (χ1n) is 15.6. The van der Waals surface area contributed by atoms with Crippen LogP contribution in [0.1, 0.15) is 16.8 Å². The number of nitrogens with one attached hydrogen (secondary N) is 1. The summed E-state index contributed by atoms with van der Waals surface area (Å²) in [5.41, 5.74) is 5.58. The lowest BCUT2D eigenvalue weighted by Gasteiger charge is -2.14. The van der Waals surface area contributed by atoms with Gasteiger partial charge in [0.2, 0.25) is 0 Å². The Bertz CT molecular complexity index is 2230. The van der Waals surface area contributed by atoms with Gasteiger partial charge >= 0.3 is 0 Å². The van der Waals surface area contributed by atoms with Crippen LogP contribution in [-0.2, 0) is 19.5 Å². The summed E-state index contributed by atoms with van der Waals surface area (Å²) in [4.78, 5) is 5.29. The fourth-order valence-electron chi connectivity index (χ4n) is 6.21. The summed E-state index contributed by atoms with van der Waals surface area (Å²) in [6.07, 6.45) is 0.897. The van der Waals surface area contributed by atoms with Gasteiger partial charge in [-0.25, -0.2) is 9.67 Å². The van der Waals surface area contributed by atoms with Crippen LogP contribution < -0.4 is 19.5 Å². The first-order valence-corrected chi connectivity index (χ1v) is 16.0. The molecule has 0 saturated heterocycles. The Labute approximate surface area is 278 Å². The molecule has 236 valence electrons. The van der Waals surface area contributed by atoms with Gasteiger partial charge in [-0.2, -0.15) is 5.10 Å². The average molecular weight is 643 g/mol. The van der Waals surface area contributed by atoms with Crippen LogP contribution >= 0.6 is 11.6 Å². The number of aromatic nitrogens is 3. The highest BCUT2D eigenvalue weighted by molar-refractivity contribution is 6.33. The predicted molar refractivity (Wildman–Crippen MR) is 190 cm³/mol. The Kier molecular flexibility index (Phi) is 8.66. The third-order valence-electron chi connectivity index (χ3n) is 8.56. The van der Waals surface area contributed by atoms with Gasteiger partial charge < -0.3 is 19.5 Å². The van der Waals surface area contributed by atoms with E-state index in [9.17, 15) is 0 Å². The molecule has 0 amide bonds. The van der Waals surface area contributed by atoms with Gasteiger partial charge in [0.05, 0.1) is 44.6 Å². The molecular weight excluding hydrogens is 608 g/mol. The van der Waals surface area contributed by atoms with Crippen LogP contribution in [0.15, 0.2) is 103 Å². The summed E-state index contributed by atoms with van der Waals surface area (Å²) in [7, 11) is 4.97. The third-order valence-corrected chi connectivity index (χ3v) is 8.89. The molecule has 7 aromatic rings. The molecule has 0 atom stereocenters. The summed E-state index contributed by atoms with van der Waals surface area (Å²) in [6, 6.07) is 34.9. The largest absolute Gasteiger partial charge is 0.497 e. The van der Waals surface area contributed by atoms with Crippen molar-refractivity contribution in [1.82, 2.24) is 20.1 Å². The van der Waals surface area contributed by atoms with Crippen LogP contribution in [0.3, 0.4) is 0 Å². The Balaban J connectivity index is 1.34. The van der Waals surface area contributed by atoms with E-state index in [4.69, 9.17) is 35.9 Å². The van der Waals surface area contributed by atoms with E-state index in [1.54, 1.807) is 21.3 Å². The van der Waals surface area contributed by atoms with E-state index >= 15 is 0 Å². The number of fused-ring (bicyclic) bond motifs is 4. The maximum atomic E-state index is 6.78. The molecule has 0 unspecified atom stereocenters. The zero-order chi connectivity index (χ0) is 32.3. The molecule has 0 bridgehead atoms. The van der Waals surface area contributed by atoms with Crippen molar-refractivity contribution in [3.05, 3.63) is 125 Å². The first kappa shape index (κ1) is 30.5. The van der Waals surface area contributed by atoms with Crippen LogP contribution in [-0.4, -0.2) is 42.6 Å². The maximum Gasteiger partial charge on any atom is 0.161 e. The molecule has 0 aliphatic rings. The third kappa shape index (κ3) is 6.08. The lowest BCUT2D eigenvalue weighted by Crippen LogP contribution is -2.17. The topological polar surface area (TPSA) is 70.4 Å². The van der Waals surface area contributed by atoms with Crippen LogP contribution in [0.5, 0.6) is 17.2 Å². The minimum atomic E-state index is 0.512. The second kappa shape index (κ2) is 13.3. The molecule has 5 aromatic carbocycles. The van der Waals surface area contributed by atoms with Crippen molar-refractivity contribution in [3.63, 3.8) is 0 Å². The Morgan fingerprint density at radius 3 is 2.28 bits per heavy atom. The molecule has 0 spiro atoms. The normalized spacial score (nSPS) is 11.4. The van der Waals surface area contributed by atoms with Crippen LogP contribution in [0, 0.1) is 0 Å². The molecule has 0 aliphatic heterocycles. The summed E-state index contributed by atoms with van der Waals surface area (Å²) in [6.45, 7) is 1.87. The molecule has 47 heavy (non-hydrogen) atoms. The van der Waals surface area contributed by atoms with Gasteiger partial charge in [0, 0.05) is 27.9 Å². The molecular formula is C39H35ClN4O3. The highest BCUT2D eigenvalue weighted by Gasteiger charge is 2.22. The maximum absolute atomic E-state index is 6.78.